The van der Waals surface area contributed by atoms with Crippen LogP contribution in [-0.4, -0.2) is 18.6 Å². The van der Waals surface area contributed by atoms with E-state index in [0.29, 0.717) is 18.7 Å². The van der Waals surface area contributed by atoms with Gasteiger partial charge in [0.05, 0.1) is 6.61 Å². The van der Waals surface area contributed by atoms with Crippen LogP contribution >= 0.6 is 0 Å². The Morgan fingerprint density at radius 1 is 1.53 bits per heavy atom. The summed E-state index contributed by atoms with van der Waals surface area (Å²) in [6, 6.07) is 4.54. The molecule has 0 saturated heterocycles. The molecule has 1 saturated carbocycles. The largest absolute Gasteiger partial charge is 0.491 e. The Morgan fingerprint density at radius 3 is 2.89 bits per heavy atom. The lowest BCUT2D eigenvalue weighted by Crippen LogP contribution is -2.23. The third kappa shape index (κ3) is 3.44. The topological polar surface area (TPSA) is 64.3 Å². The lowest BCUT2D eigenvalue weighted by atomic mass is 10.1. The molecule has 5 heteroatoms. The van der Waals surface area contributed by atoms with Gasteiger partial charge in [-0.25, -0.2) is 4.39 Å². The first-order valence-corrected chi connectivity index (χ1v) is 6.59. The van der Waals surface area contributed by atoms with E-state index >= 15 is 0 Å². The predicted molar refractivity (Wildman–Crippen MR) is 71.5 cm³/mol. The van der Waals surface area contributed by atoms with E-state index in [1.54, 1.807) is 13.0 Å². The van der Waals surface area contributed by atoms with Gasteiger partial charge in [0, 0.05) is 23.7 Å². The van der Waals surface area contributed by atoms with Gasteiger partial charge in [0.15, 0.2) is 11.6 Å². The highest BCUT2D eigenvalue weighted by atomic mass is 19.1. The Kier molecular flexibility index (Phi) is 4.37. The van der Waals surface area contributed by atoms with Crippen LogP contribution in [0.25, 0.3) is 0 Å². The minimum absolute atomic E-state index is 0.0652. The van der Waals surface area contributed by atoms with Crippen molar-refractivity contribution in [1.82, 2.24) is 0 Å². The lowest BCUT2D eigenvalue weighted by molar-refractivity contribution is -0.119. The molecule has 2 unspecified atom stereocenters. The van der Waals surface area contributed by atoms with Crippen molar-refractivity contribution in [3.05, 3.63) is 24.0 Å². The molecule has 1 aliphatic carbocycles. The Hall–Kier alpha value is -1.62. The van der Waals surface area contributed by atoms with Gasteiger partial charge in [0.2, 0.25) is 5.91 Å². The van der Waals surface area contributed by atoms with E-state index in [9.17, 15) is 9.18 Å². The molecule has 1 aromatic rings. The van der Waals surface area contributed by atoms with Crippen molar-refractivity contribution in [3.8, 4) is 5.75 Å². The molecule has 0 heterocycles. The number of rotatable bonds is 4. The maximum Gasteiger partial charge on any atom is 0.227 e. The highest BCUT2D eigenvalue weighted by Gasteiger charge is 2.27. The molecule has 2 atom stereocenters. The van der Waals surface area contributed by atoms with Crippen LogP contribution < -0.4 is 15.8 Å². The number of halogens is 1. The second-order valence-corrected chi connectivity index (χ2v) is 4.84. The first-order valence-electron chi connectivity index (χ1n) is 6.59. The number of anilines is 1. The Balaban J connectivity index is 1.99. The van der Waals surface area contributed by atoms with Gasteiger partial charge in [0.1, 0.15) is 0 Å². The number of ether oxygens (including phenoxy) is 1. The normalized spacial score (nSPS) is 22.3. The molecule has 4 nitrogen and oxygen atoms in total. The molecule has 0 aromatic heterocycles. The van der Waals surface area contributed by atoms with Crippen LogP contribution in [0.2, 0.25) is 0 Å². The van der Waals surface area contributed by atoms with Gasteiger partial charge < -0.3 is 15.8 Å². The number of hydrogen-bond donors (Lipinski definition) is 2. The minimum Gasteiger partial charge on any atom is -0.491 e. The molecule has 3 N–H and O–H groups in total. The van der Waals surface area contributed by atoms with Gasteiger partial charge >= 0.3 is 0 Å². The van der Waals surface area contributed by atoms with Crippen LogP contribution in [-0.2, 0) is 4.79 Å². The summed E-state index contributed by atoms with van der Waals surface area (Å²) in [6.45, 7) is 2.20. The average molecular weight is 266 g/mol. The zero-order valence-corrected chi connectivity index (χ0v) is 11.0. The molecule has 1 aliphatic rings. The summed E-state index contributed by atoms with van der Waals surface area (Å²) >= 11 is 0. The predicted octanol–water partition coefficient (Wildman–Crippen LogP) is 2.29. The van der Waals surface area contributed by atoms with Crippen LogP contribution in [0.3, 0.4) is 0 Å². The van der Waals surface area contributed by atoms with Crippen LogP contribution in [0, 0.1) is 11.7 Å². The molecule has 0 bridgehead atoms. The van der Waals surface area contributed by atoms with E-state index in [-0.39, 0.29) is 23.6 Å². The van der Waals surface area contributed by atoms with E-state index in [0.717, 1.165) is 12.8 Å². The second-order valence-electron chi connectivity index (χ2n) is 4.84. The lowest BCUT2D eigenvalue weighted by Gasteiger charge is -2.12. The van der Waals surface area contributed by atoms with Crippen molar-refractivity contribution in [2.45, 2.75) is 32.2 Å². The fourth-order valence-corrected chi connectivity index (χ4v) is 2.35. The molecule has 0 aliphatic heterocycles. The summed E-state index contributed by atoms with van der Waals surface area (Å²) in [5, 5.41) is 2.72. The molecule has 2 rings (SSSR count). The van der Waals surface area contributed by atoms with Gasteiger partial charge in [0.25, 0.3) is 0 Å². The van der Waals surface area contributed by atoms with Crippen LogP contribution in [0.4, 0.5) is 10.1 Å². The monoisotopic (exact) mass is 266 g/mol. The first kappa shape index (κ1) is 13.8. The van der Waals surface area contributed by atoms with Crippen molar-refractivity contribution in [2.24, 2.45) is 11.7 Å². The Morgan fingerprint density at radius 2 is 2.32 bits per heavy atom. The number of benzene rings is 1. The third-order valence-electron chi connectivity index (χ3n) is 3.34. The van der Waals surface area contributed by atoms with Crippen LogP contribution in [0.15, 0.2) is 18.2 Å². The maximum absolute atomic E-state index is 13.6. The molecule has 1 amide bonds. The number of carbonyl (C=O) groups excluding carboxylic acids is 1. The van der Waals surface area contributed by atoms with Gasteiger partial charge in [-0.05, 0) is 38.3 Å². The molecule has 19 heavy (non-hydrogen) atoms. The highest BCUT2D eigenvalue weighted by molar-refractivity contribution is 5.92. The van der Waals surface area contributed by atoms with Crippen LogP contribution in [0.5, 0.6) is 5.75 Å². The Bertz CT molecular complexity index is 465. The molecule has 0 radical (unpaired) electrons. The van der Waals surface area contributed by atoms with E-state index < -0.39 is 5.82 Å². The summed E-state index contributed by atoms with van der Waals surface area (Å²) < 4.78 is 18.7. The van der Waals surface area contributed by atoms with E-state index in [1.165, 1.54) is 12.1 Å². The number of hydrogen-bond acceptors (Lipinski definition) is 3. The van der Waals surface area contributed by atoms with Crippen molar-refractivity contribution >= 4 is 11.6 Å². The molecule has 1 fully saturated rings. The second kappa shape index (κ2) is 6.02. The number of nitrogens with one attached hydrogen (secondary N) is 1. The summed E-state index contributed by atoms with van der Waals surface area (Å²) in [6.07, 6.45) is 2.37. The van der Waals surface area contributed by atoms with Crippen molar-refractivity contribution in [2.75, 3.05) is 11.9 Å². The number of nitrogens with two attached hydrogens (primary N) is 1. The van der Waals surface area contributed by atoms with Gasteiger partial charge in [-0.3, -0.25) is 4.79 Å². The van der Waals surface area contributed by atoms with Crippen molar-refractivity contribution < 1.29 is 13.9 Å². The van der Waals surface area contributed by atoms with E-state index in [4.69, 9.17) is 10.5 Å². The molecule has 104 valence electrons. The van der Waals surface area contributed by atoms with E-state index in [2.05, 4.69) is 5.32 Å². The summed E-state index contributed by atoms with van der Waals surface area (Å²) in [4.78, 5) is 12.0. The summed E-state index contributed by atoms with van der Waals surface area (Å²) in [7, 11) is 0. The molecular formula is C14H19FN2O2. The van der Waals surface area contributed by atoms with Gasteiger partial charge in [-0.1, -0.05) is 0 Å². The third-order valence-corrected chi connectivity index (χ3v) is 3.34. The fourth-order valence-electron chi connectivity index (χ4n) is 2.35. The van der Waals surface area contributed by atoms with Crippen LogP contribution in [0.1, 0.15) is 26.2 Å². The van der Waals surface area contributed by atoms with Crippen molar-refractivity contribution in [3.63, 3.8) is 0 Å². The minimum atomic E-state index is -0.470. The summed E-state index contributed by atoms with van der Waals surface area (Å²) in [5.74, 6) is -0.424. The fraction of sp³-hybridized carbons (Fsp3) is 0.500. The standard InChI is InChI=1S/C14H19FN2O2/c1-2-19-13-6-5-11(8-12(13)15)17-14(18)9-3-4-10(16)7-9/h5-6,8-10H,2-4,7,16H2,1H3,(H,17,18). The molecular weight excluding hydrogens is 247 g/mol. The number of amides is 1. The average Bonchev–Trinajstić information content (AvgIpc) is 2.80. The Labute approximate surface area is 112 Å². The zero-order valence-electron chi connectivity index (χ0n) is 11.0. The first-order chi connectivity index (χ1) is 9.10. The summed E-state index contributed by atoms with van der Waals surface area (Å²) in [5.41, 5.74) is 6.23. The smallest absolute Gasteiger partial charge is 0.227 e. The maximum atomic E-state index is 13.6. The van der Waals surface area contributed by atoms with E-state index in [1.807, 2.05) is 0 Å². The molecule has 0 spiro atoms. The zero-order chi connectivity index (χ0) is 13.8. The highest BCUT2D eigenvalue weighted by Crippen LogP contribution is 2.26. The van der Waals surface area contributed by atoms with Gasteiger partial charge in [-0.15, -0.1) is 0 Å². The molecule has 1 aromatic carbocycles. The van der Waals surface area contributed by atoms with Gasteiger partial charge in [-0.2, -0.15) is 0 Å². The SMILES string of the molecule is CCOc1ccc(NC(=O)C2CCC(N)C2)cc1F. The number of carbonyl (C=O) groups is 1. The van der Waals surface area contributed by atoms with Crippen molar-refractivity contribution in [1.29, 1.82) is 0 Å². The quantitative estimate of drug-likeness (QED) is 0.878.